The fourth-order valence-corrected chi connectivity index (χ4v) is 3.96. The van der Waals surface area contributed by atoms with Crippen molar-refractivity contribution in [2.75, 3.05) is 29.9 Å². The molecule has 1 aliphatic carbocycles. The first kappa shape index (κ1) is 21.7. The molecule has 4 rings (SSSR count). The molecular formula is C21H26N8O3. The number of nitrogens with one attached hydrogen (secondary N) is 2. The fraction of sp³-hybridized carbons (Fsp3) is 0.524. The third kappa shape index (κ3) is 4.01. The molecule has 0 radical (unpaired) electrons. The molecule has 3 heterocycles. The first-order valence-corrected chi connectivity index (χ1v) is 10.5. The first-order chi connectivity index (χ1) is 15.3. The van der Waals surface area contributed by atoms with Crippen LogP contribution >= 0.6 is 0 Å². The van der Waals surface area contributed by atoms with Crippen LogP contribution in [-0.2, 0) is 15.1 Å². The lowest BCUT2D eigenvalue weighted by molar-refractivity contribution is -0.124. The number of carbonyl (C=O) groups is 2. The number of aliphatic hydroxyl groups is 1. The maximum absolute atomic E-state index is 13.0. The van der Waals surface area contributed by atoms with E-state index in [4.69, 9.17) is 5.11 Å². The van der Waals surface area contributed by atoms with Gasteiger partial charge in [-0.2, -0.15) is 15.3 Å². The second kappa shape index (κ2) is 8.20. The highest BCUT2D eigenvalue weighted by atomic mass is 16.3. The molecule has 0 spiro atoms. The number of nitrogens with zero attached hydrogens (tertiary/aromatic N) is 6. The van der Waals surface area contributed by atoms with Crippen LogP contribution in [0.1, 0.15) is 33.1 Å². The van der Waals surface area contributed by atoms with Gasteiger partial charge in [-0.15, -0.1) is 0 Å². The smallest absolute Gasteiger partial charge is 0.248 e. The molecule has 2 aromatic heterocycles. The van der Waals surface area contributed by atoms with E-state index in [0.717, 1.165) is 12.8 Å². The molecule has 2 aliphatic rings. The van der Waals surface area contributed by atoms with Gasteiger partial charge in [-0.25, -0.2) is 4.98 Å². The highest BCUT2D eigenvalue weighted by Crippen LogP contribution is 2.51. The Morgan fingerprint density at radius 1 is 1.44 bits per heavy atom. The van der Waals surface area contributed by atoms with Gasteiger partial charge in [0.25, 0.3) is 0 Å². The van der Waals surface area contributed by atoms with E-state index in [1.165, 1.54) is 0 Å². The van der Waals surface area contributed by atoms with Gasteiger partial charge in [-0.1, -0.05) is 0 Å². The predicted molar refractivity (Wildman–Crippen MR) is 115 cm³/mol. The number of nitriles is 1. The van der Waals surface area contributed by atoms with Gasteiger partial charge in [-0.05, 0) is 45.1 Å². The zero-order valence-electron chi connectivity index (χ0n) is 18.1. The zero-order chi connectivity index (χ0) is 22.9. The Bertz CT molecular complexity index is 1070. The number of hydrogen-bond donors (Lipinski definition) is 3. The van der Waals surface area contributed by atoms with Crippen LogP contribution in [-0.4, -0.2) is 56.4 Å². The van der Waals surface area contributed by atoms with E-state index in [0.29, 0.717) is 30.4 Å². The molecule has 0 bridgehead atoms. The minimum Gasteiger partial charge on any atom is -0.387 e. The molecular weight excluding hydrogens is 412 g/mol. The highest BCUT2D eigenvalue weighted by molar-refractivity contribution is 6.01. The van der Waals surface area contributed by atoms with Crippen molar-refractivity contribution in [3.05, 3.63) is 24.7 Å². The predicted octanol–water partition coefficient (Wildman–Crippen LogP) is 0.917. The molecule has 1 saturated heterocycles. The SMILES string of the molecule is CC(C)(CNC(=O)CO)n1cc(Nc2nccc(N3CC[C@@](C#N)(C4CC4)C3=O)n2)cn1. The van der Waals surface area contributed by atoms with Gasteiger partial charge in [-0.3, -0.25) is 19.2 Å². The van der Waals surface area contributed by atoms with Crippen LogP contribution in [0.5, 0.6) is 0 Å². The van der Waals surface area contributed by atoms with Gasteiger partial charge in [0.15, 0.2) is 0 Å². The summed E-state index contributed by atoms with van der Waals surface area (Å²) >= 11 is 0. The standard InChI is InChI=1S/C21H26N8O3/c1-20(2,13-24-17(31)11-30)29-10-15(9-25-29)26-19-23-7-5-16(27-19)28-8-6-21(12-22,18(28)32)14-3-4-14/h5,7,9-10,14,30H,3-4,6,8,11,13H2,1-2H3,(H,24,31)(H,23,26,27)/t21-/m1/s1. The van der Waals surface area contributed by atoms with Crippen molar-refractivity contribution in [2.45, 2.75) is 38.6 Å². The summed E-state index contributed by atoms with van der Waals surface area (Å²) in [5.74, 6) is 0.298. The molecule has 11 nitrogen and oxygen atoms in total. The summed E-state index contributed by atoms with van der Waals surface area (Å²) in [6, 6.07) is 3.95. The van der Waals surface area contributed by atoms with E-state index in [9.17, 15) is 14.9 Å². The number of hydrogen-bond acceptors (Lipinski definition) is 8. The number of anilines is 3. The van der Waals surface area contributed by atoms with Crippen molar-refractivity contribution in [2.24, 2.45) is 11.3 Å². The van der Waals surface area contributed by atoms with Crippen molar-refractivity contribution in [1.29, 1.82) is 5.26 Å². The first-order valence-electron chi connectivity index (χ1n) is 10.5. The Kier molecular flexibility index (Phi) is 5.56. The average molecular weight is 438 g/mol. The number of aliphatic hydroxyl groups excluding tert-OH is 1. The van der Waals surface area contributed by atoms with Crippen molar-refractivity contribution < 1.29 is 14.7 Å². The third-order valence-corrected chi connectivity index (χ3v) is 6.07. The normalized spacial score (nSPS) is 20.8. The highest BCUT2D eigenvalue weighted by Gasteiger charge is 2.57. The molecule has 2 fully saturated rings. The Balaban J connectivity index is 1.46. The molecule has 1 aliphatic heterocycles. The largest absolute Gasteiger partial charge is 0.387 e. The van der Waals surface area contributed by atoms with Crippen molar-refractivity contribution in [3.8, 4) is 6.07 Å². The van der Waals surface area contributed by atoms with Gasteiger partial charge in [0.05, 0.1) is 23.5 Å². The summed E-state index contributed by atoms with van der Waals surface area (Å²) in [4.78, 5) is 34.6. The van der Waals surface area contributed by atoms with Crippen molar-refractivity contribution >= 4 is 29.3 Å². The molecule has 3 N–H and O–H groups in total. The third-order valence-electron chi connectivity index (χ3n) is 6.07. The fourth-order valence-electron chi connectivity index (χ4n) is 3.96. The van der Waals surface area contributed by atoms with Gasteiger partial charge in [0, 0.05) is 25.5 Å². The van der Waals surface area contributed by atoms with Crippen LogP contribution in [0.15, 0.2) is 24.7 Å². The molecule has 32 heavy (non-hydrogen) atoms. The summed E-state index contributed by atoms with van der Waals surface area (Å²) in [6.07, 6.45) is 7.31. The Morgan fingerprint density at radius 2 is 2.22 bits per heavy atom. The Morgan fingerprint density at radius 3 is 2.91 bits per heavy atom. The van der Waals surface area contributed by atoms with Gasteiger partial charge in [0.2, 0.25) is 17.8 Å². The maximum atomic E-state index is 13.0. The number of carbonyl (C=O) groups excluding carboxylic acids is 2. The molecule has 0 unspecified atom stereocenters. The van der Waals surface area contributed by atoms with E-state index in [2.05, 4.69) is 31.8 Å². The lowest BCUT2D eigenvalue weighted by Crippen LogP contribution is -2.42. The van der Waals surface area contributed by atoms with E-state index >= 15 is 0 Å². The number of aromatic nitrogens is 4. The minimum absolute atomic E-state index is 0.154. The van der Waals surface area contributed by atoms with Crippen LogP contribution in [0.25, 0.3) is 0 Å². The lowest BCUT2D eigenvalue weighted by atomic mass is 9.83. The number of rotatable bonds is 8. The Labute approximate surface area is 185 Å². The zero-order valence-corrected chi connectivity index (χ0v) is 18.1. The molecule has 2 amide bonds. The van der Waals surface area contributed by atoms with E-state index in [1.807, 2.05) is 13.8 Å². The average Bonchev–Trinajstić information content (AvgIpc) is 3.44. The minimum atomic E-state index is -0.920. The second-order valence-corrected chi connectivity index (χ2v) is 8.85. The maximum Gasteiger partial charge on any atom is 0.248 e. The van der Waals surface area contributed by atoms with E-state index in [-0.39, 0.29) is 18.4 Å². The lowest BCUT2D eigenvalue weighted by Gasteiger charge is -2.25. The van der Waals surface area contributed by atoms with Crippen LogP contribution in [0, 0.1) is 22.7 Å². The van der Waals surface area contributed by atoms with Crippen molar-refractivity contribution in [1.82, 2.24) is 25.1 Å². The van der Waals surface area contributed by atoms with Gasteiger partial charge in [0.1, 0.15) is 17.8 Å². The molecule has 0 aromatic carbocycles. The van der Waals surface area contributed by atoms with Crippen molar-refractivity contribution in [3.63, 3.8) is 0 Å². The Hall–Kier alpha value is -3.52. The summed E-state index contributed by atoms with van der Waals surface area (Å²) in [7, 11) is 0. The van der Waals surface area contributed by atoms with Gasteiger partial charge >= 0.3 is 0 Å². The summed E-state index contributed by atoms with van der Waals surface area (Å²) in [5, 5.41) is 28.6. The summed E-state index contributed by atoms with van der Waals surface area (Å²) in [6.45, 7) is 3.99. The molecule has 11 heteroatoms. The van der Waals surface area contributed by atoms with E-state index in [1.54, 1.807) is 34.2 Å². The van der Waals surface area contributed by atoms with Crippen LogP contribution < -0.4 is 15.5 Å². The summed E-state index contributed by atoms with van der Waals surface area (Å²) < 4.78 is 1.69. The molecule has 2 aromatic rings. The number of amides is 2. The quantitative estimate of drug-likeness (QED) is 0.551. The molecule has 168 valence electrons. The molecule has 1 saturated carbocycles. The summed E-state index contributed by atoms with van der Waals surface area (Å²) in [5.41, 5.74) is -0.809. The second-order valence-electron chi connectivity index (χ2n) is 8.85. The van der Waals surface area contributed by atoms with Gasteiger partial charge < -0.3 is 15.7 Å². The van der Waals surface area contributed by atoms with E-state index < -0.39 is 23.5 Å². The monoisotopic (exact) mass is 438 g/mol. The molecule has 1 atom stereocenters. The van der Waals surface area contributed by atoms with Crippen LogP contribution in [0.4, 0.5) is 17.5 Å². The topological polar surface area (TPSA) is 149 Å². The van der Waals surface area contributed by atoms with Crippen LogP contribution in [0.3, 0.4) is 0 Å². The van der Waals surface area contributed by atoms with Crippen LogP contribution in [0.2, 0.25) is 0 Å².